The Morgan fingerprint density at radius 2 is 1.58 bits per heavy atom. The molecular formula is C22H22N2O2. The summed E-state index contributed by atoms with van der Waals surface area (Å²) >= 11 is 0. The minimum absolute atomic E-state index is 0.0467. The van der Waals surface area contributed by atoms with Gasteiger partial charge in [0.2, 0.25) is 5.91 Å². The summed E-state index contributed by atoms with van der Waals surface area (Å²) in [5, 5.41) is 6.27. The number of aryl methyl sites for hydroxylation is 1. The minimum atomic E-state index is -0.0467. The molecule has 0 saturated carbocycles. The van der Waals surface area contributed by atoms with Gasteiger partial charge in [0.1, 0.15) is 5.75 Å². The Labute approximate surface area is 153 Å². The molecule has 1 amide bonds. The van der Waals surface area contributed by atoms with Crippen LogP contribution in [0, 0.1) is 6.92 Å². The first-order valence-corrected chi connectivity index (χ1v) is 8.49. The number of rotatable bonds is 6. The van der Waals surface area contributed by atoms with Gasteiger partial charge in [0.25, 0.3) is 0 Å². The van der Waals surface area contributed by atoms with Crippen LogP contribution in [0.2, 0.25) is 0 Å². The molecule has 0 unspecified atom stereocenters. The highest BCUT2D eigenvalue weighted by Crippen LogP contribution is 2.20. The maximum atomic E-state index is 12.2. The summed E-state index contributed by atoms with van der Waals surface area (Å²) in [6.07, 6.45) is 0.327. The van der Waals surface area contributed by atoms with Gasteiger partial charge >= 0.3 is 0 Å². The van der Waals surface area contributed by atoms with Gasteiger partial charge < -0.3 is 15.4 Å². The number of nitrogens with one attached hydrogen (secondary N) is 2. The minimum Gasteiger partial charge on any atom is -0.497 e. The lowest BCUT2D eigenvalue weighted by Gasteiger charge is -2.09. The maximum Gasteiger partial charge on any atom is 0.228 e. The molecule has 0 atom stereocenters. The maximum absolute atomic E-state index is 12.2. The molecule has 3 aromatic rings. The lowest BCUT2D eigenvalue weighted by atomic mass is 10.1. The van der Waals surface area contributed by atoms with Gasteiger partial charge in [-0.15, -0.1) is 0 Å². The van der Waals surface area contributed by atoms with Crippen molar-refractivity contribution in [2.24, 2.45) is 0 Å². The van der Waals surface area contributed by atoms with Gasteiger partial charge in [0.15, 0.2) is 0 Å². The molecule has 0 fully saturated rings. The first kappa shape index (κ1) is 17.5. The summed E-state index contributed by atoms with van der Waals surface area (Å²) < 4.78 is 5.12. The third-order valence-electron chi connectivity index (χ3n) is 4.00. The number of methoxy groups -OCH3 is 1. The van der Waals surface area contributed by atoms with E-state index in [9.17, 15) is 4.79 Å². The average Bonchev–Trinajstić information content (AvgIpc) is 2.64. The fourth-order valence-electron chi connectivity index (χ4n) is 2.66. The van der Waals surface area contributed by atoms with Crippen LogP contribution < -0.4 is 15.4 Å². The van der Waals surface area contributed by atoms with Crippen molar-refractivity contribution in [2.45, 2.75) is 13.3 Å². The Morgan fingerprint density at radius 1 is 0.885 bits per heavy atom. The summed E-state index contributed by atoms with van der Waals surface area (Å²) in [4.78, 5) is 12.2. The Morgan fingerprint density at radius 3 is 2.23 bits per heavy atom. The number of carbonyl (C=O) groups is 1. The topological polar surface area (TPSA) is 50.4 Å². The van der Waals surface area contributed by atoms with Crippen LogP contribution in [-0.4, -0.2) is 13.0 Å². The molecule has 0 aliphatic carbocycles. The lowest BCUT2D eigenvalue weighted by Crippen LogP contribution is -2.14. The average molecular weight is 346 g/mol. The van der Waals surface area contributed by atoms with Crippen molar-refractivity contribution in [3.63, 3.8) is 0 Å². The zero-order valence-electron chi connectivity index (χ0n) is 15.0. The van der Waals surface area contributed by atoms with E-state index in [1.54, 1.807) is 7.11 Å². The lowest BCUT2D eigenvalue weighted by molar-refractivity contribution is -0.115. The summed E-state index contributed by atoms with van der Waals surface area (Å²) in [5.74, 6) is 0.736. The molecule has 0 aliphatic heterocycles. The highest BCUT2D eigenvalue weighted by Gasteiger charge is 2.05. The van der Waals surface area contributed by atoms with Gasteiger partial charge in [0, 0.05) is 17.1 Å². The predicted octanol–water partition coefficient (Wildman–Crippen LogP) is 4.93. The zero-order valence-corrected chi connectivity index (χ0v) is 15.0. The predicted molar refractivity (Wildman–Crippen MR) is 106 cm³/mol. The molecule has 0 spiro atoms. The molecule has 2 N–H and O–H groups in total. The molecule has 132 valence electrons. The molecule has 4 nitrogen and oxygen atoms in total. The molecule has 0 bridgehead atoms. The van der Waals surface area contributed by atoms with E-state index in [4.69, 9.17) is 4.74 Å². The van der Waals surface area contributed by atoms with Crippen LogP contribution in [0.15, 0.2) is 72.8 Å². The van der Waals surface area contributed by atoms with Crippen LogP contribution in [0.3, 0.4) is 0 Å². The molecule has 26 heavy (non-hydrogen) atoms. The van der Waals surface area contributed by atoms with Crippen LogP contribution in [0.4, 0.5) is 17.1 Å². The second-order valence-corrected chi connectivity index (χ2v) is 6.14. The monoisotopic (exact) mass is 346 g/mol. The number of carbonyl (C=O) groups excluding carboxylic acids is 1. The van der Waals surface area contributed by atoms with Gasteiger partial charge in [-0.25, -0.2) is 0 Å². The van der Waals surface area contributed by atoms with Crippen LogP contribution in [-0.2, 0) is 11.2 Å². The summed E-state index contributed by atoms with van der Waals surface area (Å²) in [6, 6.07) is 23.4. The Balaban J connectivity index is 1.57. The quantitative estimate of drug-likeness (QED) is 0.665. The molecule has 0 saturated heterocycles. The Kier molecular flexibility index (Phi) is 5.54. The van der Waals surface area contributed by atoms with E-state index in [0.717, 1.165) is 28.4 Å². The highest BCUT2D eigenvalue weighted by molar-refractivity contribution is 5.92. The Bertz CT molecular complexity index is 871. The van der Waals surface area contributed by atoms with E-state index in [-0.39, 0.29) is 5.91 Å². The summed E-state index contributed by atoms with van der Waals surface area (Å²) in [6.45, 7) is 2.06. The standard InChI is InChI=1S/C22H22N2O2/c1-16-4-3-5-20(14-16)23-18-8-10-19(11-9-18)24-22(25)15-17-6-12-21(26-2)13-7-17/h3-14,23H,15H2,1-2H3,(H,24,25). The van der Waals surface area contributed by atoms with Crippen molar-refractivity contribution in [2.75, 3.05) is 17.7 Å². The van der Waals surface area contributed by atoms with E-state index in [1.807, 2.05) is 60.7 Å². The molecule has 4 heteroatoms. The van der Waals surface area contributed by atoms with Crippen molar-refractivity contribution >= 4 is 23.0 Å². The molecule has 0 aromatic heterocycles. The first-order valence-electron chi connectivity index (χ1n) is 8.49. The third-order valence-corrected chi connectivity index (χ3v) is 4.00. The van der Waals surface area contributed by atoms with Gasteiger partial charge in [-0.05, 0) is 66.6 Å². The van der Waals surface area contributed by atoms with Crippen LogP contribution in [0.5, 0.6) is 5.75 Å². The molecule has 3 aromatic carbocycles. The van der Waals surface area contributed by atoms with E-state index in [0.29, 0.717) is 6.42 Å². The molecular weight excluding hydrogens is 324 g/mol. The number of hydrogen-bond acceptors (Lipinski definition) is 3. The van der Waals surface area contributed by atoms with Crippen molar-refractivity contribution < 1.29 is 9.53 Å². The number of benzene rings is 3. The Hall–Kier alpha value is -3.27. The second kappa shape index (κ2) is 8.21. The molecule has 0 aliphatic rings. The molecule has 0 radical (unpaired) electrons. The van der Waals surface area contributed by atoms with Crippen LogP contribution in [0.1, 0.15) is 11.1 Å². The first-order chi connectivity index (χ1) is 12.6. The van der Waals surface area contributed by atoms with E-state index >= 15 is 0 Å². The largest absolute Gasteiger partial charge is 0.497 e. The highest BCUT2D eigenvalue weighted by atomic mass is 16.5. The number of ether oxygens (including phenoxy) is 1. The van der Waals surface area contributed by atoms with Crippen LogP contribution in [0.25, 0.3) is 0 Å². The fraction of sp³-hybridized carbons (Fsp3) is 0.136. The van der Waals surface area contributed by atoms with Gasteiger partial charge in [-0.1, -0.05) is 24.3 Å². The number of hydrogen-bond donors (Lipinski definition) is 2. The second-order valence-electron chi connectivity index (χ2n) is 6.14. The van der Waals surface area contributed by atoms with E-state index < -0.39 is 0 Å². The van der Waals surface area contributed by atoms with Gasteiger partial charge in [0.05, 0.1) is 13.5 Å². The van der Waals surface area contributed by atoms with Crippen molar-refractivity contribution in [1.29, 1.82) is 0 Å². The zero-order chi connectivity index (χ0) is 18.4. The van der Waals surface area contributed by atoms with Crippen molar-refractivity contribution in [1.82, 2.24) is 0 Å². The number of amides is 1. The van der Waals surface area contributed by atoms with Crippen molar-refractivity contribution in [3.05, 3.63) is 83.9 Å². The smallest absolute Gasteiger partial charge is 0.228 e. The van der Waals surface area contributed by atoms with E-state index in [1.165, 1.54) is 5.56 Å². The normalized spacial score (nSPS) is 10.2. The number of anilines is 3. The summed E-state index contributed by atoms with van der Waals surface area (Å²) in [7, 11) is 1.62. The van der Waals surface area contributed by atoms with Gasteiger partial charge in [-0.2, -0.15) is 0 Å². The van der Waals surface area contributed by atoms with Crippen LogP contribution >= 0.6 is 0 Å². The van der Waals surface area contributed by atoms with Gasteiger partial charge in [-0.3, -0.25) is 4.79 Å². The molecule has 3 rings (SSSR count). The third kappa shape index (κ3) is 4.86. The SMILES string of the molecule is COc1ccc(CC(=O)Nc2ccc(Nc3cccc(C)c3)cc2)cc1. The van der Waals surface area contributed by atoms with Crippen molar-refractivity contribution in [3.8, 4) is 5.75 Å². The summed E-state index contributed by atoms with van der Waals surface area (Å²) in [5.41, 5.74) is 4.95. The fourth-order valence-corrected chi connectivity index (χ4v) is 2.66. The van der Waals surface area contributed by atoms with E-state index in [2.05, 4.69) is 29.7 Å². The molecule has 0 heterocycles.